The number of anilines is 1. The maximum Gasteiger partial charge on any atom is 0.180 e. The van der Waals surface area contributed by atoms with Crippen molar-refractivity contribution < 1.29 is 13.2 Å². The zero-order chi connectivity index (χ0) is 14.6. The van der Waals surface area contributed by atoms with Gasteiger partial charge >= 0.3 is 0 Å². The van der Waals surface area contributed by atoms with Gasteiger partial charge in [-0.25, -0.2) is 8.42 Å². The number of sulfone groups is 1. The fraction of sp³-hybridized carbons (Fsp3) is 0.600. The quantitative estimate of drug-likeness (QED) is 0.841. The highest BCUT2D eigenvalue weighted by Gasteiger charge is 2.37. The first kappa shape index (κ1) is 15.3. The van der Waals surface area contributed by atoms with E-state index in [1.807, 2.05) is 19.1 Å². The van der Waals surface area contributed by atoms with E-state index < -0.39 is 9.84 Å². The normalized spacial score (nSPS) is 17.5. The van der Waals surface area contributed by atoms with Gasteiger partial charge in [0.1, 0.15) is 0 Å². The molecule has 112 valence electrons. The molecular formula is C15H23NO3S. The number of methoxy groups -OCH3 is 1. The maximum absolute atomic E-state index is 12.3. The van der Waals surface area contributed by atoms with E-state index in [2.05, 4.69) is 5.32 Å². The highest BCUT2D eigenvalue weighted by molar-refractivity contribution is 7.91. The Hall–Kier alpha value is -1.07. The Labute approximate surface area is 121 Å². The van der Waals surface area contributed by atoms with Crippen molar-refractivity contribution in [1.29, 1.82) is 0 Å². The average molecular weight is 297 g/mol. The number of hydrogen-bond acceptors (Lipinski definition) is 4. The predicted octanol–water partition coefficient (Wildman–Crippen LogP) is 2.85. The Morgan fingerprint density at radius 1 is 1.30 bits per heavy atom. The molecule has 0 aliphatic heterocycles. The monoisotopic (exact) mass is 297 g/mol. The molecule has 1 fully saturated rings. The summed E-state index contributed by atoms with van der Waals surface area (Å²) >= 11 is 0. The van der Waals surface area contributed by atoms with Crippen LogP contribution in [0.3, 0.4) is 0 Å². The summed E-state index contributed by atoms with van der Waals surface area (Å²) in [5.74, 6) is 0.182. The standard InChI is InChI=1S/C15H23NO3S/c1-3-11-20(17,18)14-8-5-4-7-13(14)16-12-15(19-2)9-6-10-15/h4-5,7-8,16H,3,6,9-12H2,1-2H3. The lowest BCUT2D eigenvalue weighted by atomic mass is 9.80. The molecule has 0 unspecified atom stereocenters. The molecule has 2 rings (SSSR count). The zero-order valence-electron chi connectivity index (χ0n) is 12.2. The molecule has 0 atom stereocenters. The molecule has 1 saturated carbocycles. The molecule has 0 heterocycles. The molecule has 0 amide bonds. The molecule has 0 aromatic heterocycles. The topological polar surface area (TPSA) is 55.4 Å². The minimum atomic E-state index is -3.21. The van der Waals surface area contributed by atoms with Gasteiger partial charge in [0.2, 0.25) is 0 Å². The summed E-state index contributed by atoms with van der Waals surface area (Å²) in [6.45, 7) is 2.53. The highest BCUT2D eigenvalue weighted by Crippen LogP contribution is 2.35. The van der Waals surface area contributed by atoms with E-state index in [-0.39, 0.29) is 11.4 Å². The van der Waals surface area contributed by atoms with E-state index in [0.29, 0.717) is 23.5 Å². The summed E-state index contributed by atoms with van der Waals surface area (Å²) in [5, 5.41) is 3.27. The van der Waals surface area contributed by atoms with Crippen LogP contribution in [0.1, 0.15) is 32.6 Å². The van der Waals surface area contributed by atoms with Gasteiger partial charge in [0.05, 0.1) is 21.9 Å². The summed E-state index contributed by atoms with van der Waals surface area (Å²) in [5.41, 5.74) is 0.561. The van der Waals surface area contributed by atoms with Crippen LogP contribution < -0.4 is 5.32 Å². The molecule has 0 saturated heterocycles. The van der Waals surface area contributed by atoms with Gasteiger partial charge < -0.3 is 10.1 Å². The largest absolute Gasteiger partial charge is 0.381 e. The summed E-state index contributed by atoms with van der Waals surface area (Å²) < 4.78 is 30.1. The number of nitrogens with one attached hydrogen (secondary N) is 1. The van der Waals surface area contributed by atoms with Crippen LogP contribution in [0, 0.1) is 0 Å². The molecular weight excluding hydrogens is 274 g/mol. The number of rotatable bonds is 7. The summed E-state index contributed by atoms with van der Waals surface area (Å²) in [6.07, 6.45) is 3.85. The van der Waals surface area contributed by atoms with Crippen LogP contribution in [0.4, 0.5) is 5.69 Å². The third-order valence-electron chi connectivity index (χ3n) is 3.99. The van der Waals surface area contributed by atoms with Crippen LogP contribution in [0.25, 0.3) is 0 Å². The lowest BCUT2D eigenvalue weighted by Gasteiger charge is -2.40. The first-order valence-electron chi connectivity index (χ1n) is 7.14. The van der Waals surface area contributed by atoms with Gasteiger partial charge in [-0.15, -0.1) is 0 Å². The van der Waals surface area contributed by atoms with Crippen molar-refractivity contribution in [3.8, 4) is 0 Å². The molecule has 1 aliphatic carbocycles. The third kappa shape index (κ3) is 3.15. The lowest BCUT2D eigenvalue weighted by molar-refractivity contribution is -0.0601. The van der Waals surface area contributed by atoms with Gasteiger partial charge in [-0.3, -0.25) is 0 Å². The fourth-order valence-electron chi connectivity index (χ4n) is 2.54. The Morgan fingerprint density at radius 3 is 2.55 bits per heavy atom. The highest BCUT2D eigenvalue weighted by atomic mass is 32.2. The number of para-hydroxylation sites is 1. The van der Waals surface area contributed by atoms with Gasteiger partial charge in [0.25, 0.3) is 0 Å². The molecule has 0 radical (unpaired) electrons. The van der Waals surface area contributed by atoms with Crippen LogP contribution >= 0.6 is 0 Å². The Morgan fingerprint density at radius 2 is 2.00 bits per heavy atom. The van der Waals surface area contributed by atoms with Crippen molar-refractivity contribution in [3.63, 3.8) is 0 Å². The van der Waals surface area contributed by atoms with Crippen molar-refractivity contribution >= 4 is 15.5 Å². The van der Waals surface area contributed by atoms with E-state index in [0.717, 1.165) is 12.8 Å². The maximum atomic E-state index is 12.3. The van der Waals surface area contributed by atoms with Gasteiger partial charge in [0, 0.05) is 13.7 Å². The molecule has 20 heavy (non-hydrogen) atoms. The van der Waals surface area contributed by atoms with E-state index >= 15 is 0 Å². The van der Waals surface area contributed by atoms with Crippen LogP contribution in [0.2, 0.25) is 0 Å². The third-order valence-corrected chi connectivity index (χ3v) is 5.97. The Balaban J connectivity index is 2.16. The van der Waals surface area contributed by atoms with Crippen molar-refractivity contribution in [3.05, 3.63) is 24.3 Å². The van der Waals surface area contributed by atoms with Crippen molar-refractivity contribution in [2.24, 2.45) is 0 Å². The van der Waals surface area contributed by atoms with Crippen LogP contribution in [-0.2, 0) is 14.6 Å². The second-order valence-corrected chi connectivity index (χ2v) is 7.49. The van der Waals surface area contributed by atoms with Crippen LogP contribution in [0.5, 0.6) is 0 Å². The molecule has 0 bridgehead atoms. The first-order valence-corrected chi connectivity index (χ1v) is 8.79. The van der Waals surface area contributed by atoms with Gasteiger partial charge in [-0.05, 0) is 37.8 Å². The van der Waals surface area contributed by atoms with Crippen molar-refractivity contribution in [2.45, 2.75) is 43.1 Å². The van der Waals surface area contributed by atoms with Gasteiger partial charge in [-0.2, -0.15) is 0 Å². The predicted molar refractivity (Wildman–Crippen MR) is 80.9 cm³/mol. The average Bonchev–Trinajstić information content (AvgIpc) is 2.38. The summed E-state index contributed by atoms with van der Waals surface area (Å²) in [7, 11) is -1.48. The second-order valence-electron chi connectivity index (χ2n) is 5.41. The number of ether oxygens (including phenoxy) is 1. The molecule has 0 spiro atoms. The molecule has 1 N–H and O–H groups in total. The lowest BCUT2D eigenvalue weighted by Crippen LogP contribution is -2.45. The Bertz CT molecular complexity index is 544. The van der Waals surface area contributed by atoms with Gasteiger partial charge in [-0.1, -0.05) is 19.1 Å². The van der Waals surface area contributed by atoms with Crippen LogP contribution in [0.15, 0.2) is 29.2 Å². The fourth-order valence-corrected chi connectivity index (χ4v) is 4.06. The van der Waals surface area contributed by atoms with E-state index in [1.54, 1.807) is 19.2 Å². The van der Waals surface area contributed by atoms with E-state index in [4.69, 9.17) is 4.74 Å². The Kier molecular flexibility index (Phi) is 4.70. The first-order chi connectivity index (χ1) is 9.53. The molecule has 1 aromatic rings. The minimum absolute atomic E-state index is 0.123. The molecule has 1 aromatic carbocycles. The minimum Gasteiger partial charge on any atom is -0.381 e. The summed E-state index contributed by atoms with van der Waals surface area (Å²) in [6, 6.07) is 7.12. The van der Waals surface area contributed by atoms with Gasteiger partial charge in [0.15, 0.2) is 9.84 Å². The summed E-state index contributed by atoms with van der Waals surface area (Å²) in [4.78, 5) is 0.396. The van der Waals surface area contributed by atoms with Crippen molar-refractivity contribution in [2.75, 3.05) is 24.7 Å². The number of benzene rings is 1. The number of hydrogen-bond donors (Lipinski definition) is 1. The molecule has 1 aliphatic rings. The molecule has 5 heteroatoms. The van der Waals surface area contributed by atoms with E-state index in [9.17, 15) is 8.42 Å². The molecule has 4 nitrogen and oxygen atoms in total. The van der Waals surface area contributed by atoms with Crippen LogP contribution in [-0.4, -0.2) is 33.4 Å². The van der Waals surface area contributed by atoms with E-state index in [1.165, 1.54) is 6.42 Å². The van der Waals surface area contributed by atoms with Crippen molar-refractivity contribution in [1.82, 2.24) is 0 Å². The smallest absolute Gasteiger partial charge is 0.180 e. The SMILES string of the molecule is CCCS(=O)(=O)c1ccccc1NCC1(OC)CCC1. The second kappa shape index (κ2) is 6.14. The zero-order valence-corrected chi connectivity index (χ0v) is 13.0.